The molecule has 3 N–H and O–H groups in total. The summed E-state index contributed by atoms with van der Waals surface area (Å²) in [6, 6.07) is 13.4. The second kappa shape index (κ2) is 5.99. The molecule has 0 unspecified atom stereocenters. The third-order valence-electron chi connectivity index (χ3n) is 2.64. The number of halogens is 1. The van der Waals surface area contributed by atoms with E-state index in [9.17, 15) is 0 Å². The van der Waals surface area contributed by atoms with Crippen molar-refractivity contribution in [1.82, 2.24) is 0 Å². The van der Waals surface area contributed by atoms with Gasteiger partial charge in [0, 0.05) is 20.4 Å². The molecule has 0 amide bonds. The molecule has 0 saturated carbocycles. The van der Waals surface area contributed by atoms with Crippen molar-refractivity contribution in [2.75, 3.05) is 0 Å². The van der Waals surface area contributed by atoms with E-state index in [2.05, 4.69) is 5.16 Å². The van der Waals surface area contributed by atoms with Crippen molar-refractivity contribution in [3.8, 4) is 0 Å². The smallest absolute Gasteiger partial charge is 0.171 e. The van der Waals surface area contributed by atoms with Gasteiger partial charge in [0.15, 0.2) is 5.84 Å². The first-order chi connectivity index (χ1) is 9.11. The number of benzene rings is 2. The molecule has 0 spiro atoms. The molecule has 0 heterocycles. The van der Waals surface area contributed by atoms with Crippen LogP contribution in [0.15, 0.2) is 57.4 Å². The molecule has 2 aromatic rings. The third kappa shape index (κ3) is 3.22. The minimum atomic E-state index is 0.0542. The SMILES string of the molecule is Cc1ccccc1Sc1ccc(Cl)cc1C(N)=NO. The summed E-state index contributed by atoms with van der Waals surface area (Å²) in [5.74, 6) is 0.0542. The highest BCUT2D eigenvalue weighted by atomic mass is 35.5. The Kier molecular flexibility index (Phi) is 4.35. The van der Waals surface area contributed by atoms with E-state index in [1.165, 1.54) is 5.56 Å². The van der Waals surface area contributed by atoms with Crippen LogP contribution in [0.4, 0.5) is 0 Å². The lowest BCUT2D eigenvalue weighted by atomic mass is 10.2. The fourth-order valence-electron chi connectivity index (χ4n) is 1.63. The van der Waals surface area contributed by atoms with Gasteiger partial charge >= 0.3 is 0 Å². The summed E-state index contributed by atoms with van der Waals surface area (Å²) in [7, 11) is 0. The van der Waals surface area contributed by atoms with Crippen molar-refractivity contribution in [3.05, 3.63) is 58.6 Å². The van der Waals surface area contributed by atoms with Crippen LogP contribution < -0.4 is 5.73 Å². The molecule has 0 aliphatic heterocycles. The molecule has 0 radical (unpaired) electrons. The average molecular weight is 293 g/mol. The van der Waals surface area contributed by atoms with Crippen LogP contribution in [0.2, 0.25) is 5.02 Å². The molecule has 2 aromatic carbocycles. The number of hydrogen-bond donors (Lipinski definition) is 2. The van der Waals surface area contributed by atoms with Crippen molar-refractivity contribution in [2.24, 2.45) is 10.9 Å². The zero-order valence-corrected chi connectivity index (χ0v) is 11.9. The monoisotopic (exact) mass is 292 g/mol. The molecule has 2 rings (SSSR count). The maximum absolute atomic E-state index is 8.83. The highest BCUT2D eigenvalue weighted by Crippen LogP contribution is 2.33. The number of rotatable bonds is 3. The zero-order chi connectivity index (χ0) is 13.8. The molecular formula is C14H13ClN2OS. The minimum Gasteiger partial charge on any atom is -0.409 e. The van der Waals surface area contributed by atoms with Crippen LogP contribution in [-0.2, 0) is 0 Å². The lowest BCUT2D eigenvalue weighted by molar-refractivity contribution is 0.318. The minimum absolute atomic E-state index is 0.0542. The maximum Gasteiger partial charge on any atom is 0.171 e. The van der Waals surface area contributed by atoms with Crippen molar-refractivity contribution in [2.45, 2.75) is 16.7 Å². The fourth-order valence-corrected chi connectivity index (χ4v) is 2.83. The standard InChI is InChI=1S/C14H13ClN2OS/c1-9-4-2-3-5-12(9)19-13-7-6-10(15)8-11(13)14(16)17-18/h2-8,18H,1H3,(H2,16,17). The number of nitrogens with two attached hydrogens (primary N) is 1. The number of oxime groups is 1. The van der Waals surface area contributed by atoms with Gasteiger partial charge in [-0.15, -0.1) is 0 Å². The van der Waals surface area contributed by atoms with Gasteiger partial charge in [0.25, 0.3) is 0 Å². The van der Waals surface area contributed by atoms with E-state index in [-0.39, 0.29) is 5.84 Å². The van der Waals surface area contributed by atoms with Gasteiger partial charge < -0.3 is 10.9 Å². The van der Waals surface area contributed by atoms with E-state index in [1.54, 1.807) is 23.9 Å². The molecular weight excluding hydrogens is 280 g/mol. The molecule has 3 nitrogen and oxygen atoms in total. The van der Waals surface area contributed by atoms with Crippen molar-refractivity contribution >= 4 is 29.2 Å². The predicted molar refractivity (Wildman–Crippen MR) is 79.3 cm³/mol. The lowest BCUT2D eigenvalue weighted by Gasteiger charge is -2.10. The summed E-state index contributed by atoms with van der Waals surface area (Å²) < 4.78 is 0. The van der Waals surface area contributed by atoms with Gasteiger partial charge in [-0.25, -0.2) is 0 Å². The molecule has 0 atom stereocenters. The number of hydrogen-bond acceptors (Lipinski definition) is 3. The van der Waals surface area contributed by atoms with Crippen molar-refractivity contribution in [3.63, 3.8) is 0 Å². The second-order valence-corrected chi connectivity index (χ2v) is 5.51. The Balaban J connectivity index is 2.43. The van der Waals surface area contributed by atoms with E-state index < -0.39 is 0 Å². The van der Waals surface area contributed by atoms with Gasteiger partial charge in [0.2, 0.25) is 0 Å². The summed E-state index contributed by atoms with van der Waals surface area (Å²) in [5, 5.41) is 12.4. The van der Waals surface area contributed by atoms with Crippen LogP contribution in [0.25, 0.3) is 0 Å². The maximum atomic E-state index is 8.83. The molecule has 0 bridgehead atoms. The Morgan fingerprint density at radius 1 is 1.21 bits per heavy atom. The van der Waals surface area contributed by atoms with E-state index in [0.717, 1.165) is 9.79 Å². The van der Waals surface area contributed by atoms with Crippen molar-refractivity contribution < 1.29 is 5.21 Å². The predicted octanol–water partition coefficient (Wildman–Crippen LogP) is 3.89. The number of aryl methyl sites for hydroxylation is 1. The highest BCUT2D eigenvalue weighted by molar-refractivity contribution is 7.99. The summed E-state index contributed by atoms with van der Waals surface area (Å²) in [6.07, 6.45) is 0. The van der Waals surface area contributed by atoms with Crippen LogP contribution in [0.3, 0.4) is 0 Å². The van der Waals surface area contributed by atoms with Crippen molar-refractivity contribution in [1.29, 1.82) is 0 Å². The first-order valence-electron chi connectivity index (χ1n) is 5.62. The first kappa shape index (κ1) is 13.8. The van der Waals surface area contributed by atoms with Gasteiger partial charge in [-0.05, 0) is 36.8 Å². The Hall–Kier alpha value is -1.65. The summed E-state index contributed by atoms with van der Waals surface area (Å²) in [6.45, 7) is 2.04. The number of nitrogens with zero attached hydrogens (tertiary/aromatic N) is 1. The van der Waals surface area contributed by atoms with Gasteiger partial charge in [-0.1, -0.05) is 46.7 Å². The highest BCUT2D eigenvalue weighted by Gasteiger charge is 2.10. The van der Waals surface area contributed by atoms with E-state index in [4.69, 9.17) is 22.5 Å². The molecule has 0 saturated heterocycles. The molecule has 0 aliphatic rings. The van der Waals surface area contributed by atoms with Crippen LogP contribution in [-0.4, -0.2) is 11.0 Å². The topological polar surface area (TPSA) is 58.6 Å². The molecule has 19 heavy (non-hydrogen) atoms. The fraction of sp³-hybridized carbons (Fsp3) is 0.0714. The van der Waals surface area contributed by atoms with Crippen LogP contribution in [0.1, 0.15) is 11.1 Å². The molecule has 98 valence electrons. The number of amidine groups is 1. The Morgan fingerprint density at radius 3 is 2.63 bits per heavy atom. The lowest BCUT2D eigenvalue weighted by Crippen LogP contribution is -2.14. The largest absolute Gasteiger partial charge is 0.409 e. The zero-order valence-electron chi connectivity index (χ0n) is 10.3. The molecule has 0 fully saturated rings. The average Bonchev–Trinajstić information content (AvgIpc) is 2.42. The van der Waals surface area contributed by atoms with Gasteiger partial charge in [-0.2, -0.15) is 0 Å². The third-order valence-corrected chi connectivity index (χ3v) is 4.13. The summed E-state index contributed by atoms with van der Waals surface area (Å²) >= 11 is 7.51. The Morgan fingerprint density at radius 2 is 1.95 bits per heavy atom. The van der Waals surface area contributed by atoms with Gasteiger partial charge in [0.1, 0.15) is 0 Å². The normalized spacial score (nSPS) is 11.6. The van der Waals surface area contributed by atoms with E-state index in [1.807, 2.05) is 37.3 Å². The molecule has 0 aromatic heterocycles. The summed E-state index contributed by atoms with van der Waals surface area (Å²) in [4.78, 5) is 2.02. The van der Waals surface area contributed by atoms with Crippen LogP contribution in [0.5, 0.6) is 0 Å². The molecule has 0 aliphatic carbocycles. The second-order valence-electron chi connectivity index (χ2n) is 3.99. The first-order valence-corrected chi connectivity index (χ1v) is 6.82. The Bertz CT molecular complexity index is 629. The van der Waals surface area contributed by atoms with Gasteiger partial charge in [0.05, 0.1) is 0 Å². The van der Waals surface area contributed by atoms with Gasteiger partial charge in [-0.3, -0.25) is 0 Å². The molecule has 5 heteroatoms. The summed E-state index contributed by atoms with van der Waals surface area (Å²) in [5.41, 5.74) is 7.49. The quantitative estimate of drug-likeness (QED) is 0.390. The van der Waals surface area contributed by atoms with E-state index >= 15 is 0 Å². The van der Waals surface area contributed by atoms with E-state index in [0.29, 0.717) is 10.6 Å². The van der Waals surface area contributed by atoms with Crippen LogP contribution >= 0.6 is 23.4 Å². The van der Waals surface area contributed by atoms with Crippen LogP contribution in [0, 0.1) is 6.92 Å². The Labute approximate surface area is 121 Å².